The fourth-order valence-corrected chi connectivity index (χ4v) is 4.87. The summed E-state index contributed by atoms with van der Waals surface area (Å²) in [6.07, 6.45) is 3.53. The molecule has 0 bridgehead atoms. The van der Waals surface area contributed by atoms with Crippen molar-refractivity contribution in [3.05, 3.63) is 40.0 Å². The summed E-state index contributed by atoms with van der Waals surface area (Å²) in [6.45, 7) is 2.09. The predicted molar refractivity (Wildman–Crippen MR) is 122 cm³/mol. The summed E-state index contributed by atoms with van der Waals surface area (Å²) < 4.78 is 16.6. The number of Topliss-reactive ketones (excluding diaryl/α,β-unsaturated/α-hetero) is 1. The number of nitrogens with one attached hydrogen (secondary N) is 2. The number of allylic oxidation sites excluding steroid dienone is 1. The highest BCUT2D eigenvalue weighted by Crippen LogP contribution is 2.52. The average molecular weight is 492 g/mol. The highest BCUT2D eigenvalue weighted by Gasteiger charge is 2.60. The number of thiazole rings is 1. The molecule has 33 heavy (non-hydrogen) atoms. The fourth-order valence-electron chi connectivity index (χ4n) is 4.06. The number of carbonyl (C=O) groups is 3. The Morgan fingerprint density at radius 3 is 2.73 bits per heavy atom. The van der Waals surface area contributed by atoms with E-state index in [2.05, 4.69) is 15.6 Å². The first-order chi connectivity index (χ1) is 15.8. The first kappa shape index (κ1) is 23.1. The van der Waals surface area contributed by atoms with Crippen LogP contribution in [0.25, 0.3) is 0 Å². The van der Waals surface area contributed by atoms with Crippen molar-refractivity contribution in [2.45, 2.75) is 25.4 Å². The van der Waals surface area contributed by atoms with Crippen LogP contribution in [0.1, 0.15) is 30.1 Å². The number of hydrogen-bond acceptors (Lipinski definition) is 9. The van der Waals surface area contributed by atoms with E-state index in [0.717, 1.165) is 0 Å². The van der Waals surface area contributed by atoms with Crippen molar-refractivity contribution in [1.29, 1.82) is 0 Å². The van der Waals surface area contributed by atoms with Crippen LogP contribution in [-0.4, -0.2) is 48.8 Å². The van der Waals surface area contributed by atoms with E-state index in [1.165, 1.54) is 37.7 Å². The van der Waals surface area contributed by atoms with Gasteiger partial charge >= 0.3 is 0 Å². The Bertz CT molecular complexity index is 1150. The van der Waals surface area contributed by atoms with Crippen LogP contribution in [-0.2, 0) is 9.59 Å². The third-order valence-corrected chi connectivity index (χ3v) is 6.74. The lowest BCUT2D eigenvalue weighted by Crippen LogP contribution is -2.55. The van der Waals surface area contributed by atoms with E-state index >= 15 is 0 Å². The summed E-state index contributed by atoms with van der Waals surface area (Å²) in [5.41, 5.74) is -0.964. The van der Waals surface area contributed by atoms with E-state index in [4.69, 9.17) is 25.8 Å². The van der Waals surface area contributed by atoms with Crippen molar-refractivity contribution < 1.29 is 28.6 Å². The van der Waals surface area contributed by atoms with Crippen LogP contribution in [0.15, 0.2) is 29.4 Å². The molecule has 0 saturated heterocycles. The Balaban J connectivity index is 1.50. The van der Waals surface area contributed by atoms with Gasteiger partial charge in [-0.1, -0.05) is 18.5 Å². The quantitative estimate of drug-likeness (QED) is 0.567. The number of fused-ring (bicyclic) bond motifs is 1. The third-order valence-electron chi connectivity index (χ3n) is 5.69. The standard InChI is InChI=1S/C22H22ClN3O6S/c1-11-8-12(24-5-4-16(28)26-21-25-6-7-33-21)9-15(27)22(11)20(29)17-13(30-2)10-14(31-3)18(23)19(17)32-22/h6-7,9-11,24H,4-5,8H2,1-3H3,(H,25,26,28)/t11-,22+/m1/s1. The van der Waals surface area contributed by atoms with Gasteiger partial charge in [0, 0.05) is 48.3 Å². The molecule has 2 N–H and O–H groups in total. The molecular formula is C22H22ClN3O6S. The Hall–Kier alpha value is -3.11. The van der Waals surface area contributed by atoms with Gasteiger partial charge in [-0.15, -0.1) is 11.3 Å². The van der Waals surface area contributed by atoms with Crippen LogP contribution in [0.2, 0.25) is 5.02 Å². The SMILES string of the molecule is COc1cc(OC)c2c(c1Cl)O[C@@]1(C(=O)C=C(NCCC(=O)Nc3nccs3)C[C@H]1C)C2=O. The molecule has 1 aliphatic heterocycles. The van der Waals surface area contributed by atoms with Gasteiger partial charge in [0.15, 0.2) is 10.9 Å². The molecule has 1 aliphatic carbocycles. The number of rotatable bonds is 7. The normalized spacial score (nSPS) is 21.3. The molecule has 0 saturated carbocycles. The molecule has 2 atom stereocenters. The van der Waals surface area contributed by atoms with Gasteiger partial charge in [-0.2, -0.15) is 0 Å². The minimum absolute atomic E-state index is 0.0849. The van der Waals surface area contributed by atoms with Crippen molar-refractivity contribution in [2.24, 2.45) is 5.92 Å². The summed E-state index contributed by atoms with van der Waals surface area (Å²) in [6, 6.07) is 1.50. The van der Waals surface area contributed by atoms with Crippen LogP contribution < -0.4 is 24.8 Å². The molecule has 174 valence electrons. The van der Waals surface area contributed by atoms with Gasteiger partial charge in [0.1, 0.15) is 22.1 Å². The maximum atomic E-state index is 13.5. The predicted octanol–water partition coefficient (Wildman–Crippen LogP) is 3.24. The van der Waals surface area contributed by atoms with Crippen LogP contribution >= 0.6 is 22.9 Å². The number of aromatic nitrogens is 1. The summed E-state index contributed by atoms with van der Waals surface area (Å²) in [5, 5.41) is 8.23. The van der Waals surface area contributed by atoms with Gasteiger partial charge in [-0.3, -0.25) is 14.4 Å². The number of benzene rings is 1. The van der Waals surface area contributed by atoms with Crippen molar-refractivity contribution in [2.75, 3.05) is 26.1 Å². The third kappa shape index (κ3) is 3.93. The minimum Gasteiger partial charge on any atom is -0.496 e. The second kappa shape index (κ2) is 9.03. The maximum absolute atomic E-state index is 13.5. The van der Waals surface area contributed by atoms with E-state index in [-0.39, 0.29) is 40.2 Å². The lowest BCUT2D eigenvalue weighted by Gasteiger charge is -2.35. The minimum atomic E-state index is -1.72. The monoisotopic (exact) mass is 491 g/mol. The fraction of sp³-hybridized carbons (Fsp3) is 0.364. The summed E-state index contributed by atoms with van der Waals surface area (Å²) in [7, 11) is 2.85. The molecule has 0 fully saturated rings. The zero-order chi connectivity index (χ0) is 23.8. The Kier molecular flexibility index (Phi) is 6.31. The van der Waals surface area contributed by atoms with E-state index in [0.29, 0.717) is 23.8 Å². The molecule has 2 heterocycles. The Morgan fingerprint density at radius 1 is 1.33 bits per heavy atom. The number of hydrogen-bond donors (Lipinski definition) is 2. The highest BCUT2D eigenvalue weighted by molar-refractivity contribution is 7.13. The van der Waals surface area contributed by atoms with E-state index < -0.39 is 23.1 Å². The molecule has 0 unspecified atom stereocenters. The average Bonchev–Trinajstić information content (AvgIpc) is 3.40. The van der Waals surface area contributed by atoms with Gasteiger partial charge < -0.3 is 24.8 Å². The molecule has 2 aliphatic rings. The number of methoxy groups -OCH3 is 2. The summed E-state index contributed by atoms with van der Waals surface area (Å²) >= 11 is 7.72. The molecule has 1 spiro atoms. The molecule has 9 nitrogen and oxygen atoms in total. The van der Waals surface area contributed by atoms with Gasteiger partial charge in [-0.25, -0.2) is 4.98 Å². The van der Waals surface area contributed by atoms with Gasteiger partial charge in [0.05, 0.1) is 14.2 Å². The molecule has 11 heteroatoms. The molecule has 4 rings (SSSR count). The summed E-state index contributed by atoms with van der Waals surface area (Å²) in [5.74, 6) is -1.07. The van der Waals surface area contributed by atoms with Crippen molar-refractivity contribution in [1.82, 2.24) is 10.3 Å². The number of amides is 1. The molecule has 1 aromatic heterocycles. The second-order valence-corrected chi connectivity index (χ2v) is 8.94. The number of nitrogens with zero attached hydrogens (tertiary/aromatic N) is 1. The Labute approximate surface area is 199 Å². The van der Waals surface area contributed by atoms with Crippen LogP contribution in [0, 0.1) is 5.92 Å². The number of anilines is 1. The number of halogens is 1. The van der Waals surface area contributed by atoms with Gasteiger partial charge in [0.2, 0.25) is 23.1 Å². The first-order valence-corrected chi connectivity index (χ1v) is 11.4. The molecular weight excluding hydrogens is 470 g/mol. The largest absolute Gasteiger partial charge is 0.496 e. The molecule has 1 amide bonds. The number of carbonyl (C=O) groups excluding carboxylic acids is 3. The van der Waals surface area contributed by atoms with Crippen LogP contribution in [0.5, 0.6) is 17.2 Å². The lowest BCUT2D eigenvalue weighted by atomic mass is 9.74. The van der Waals surface area contributed by atoms with Crippen LogP contribution in [0.4, 0.5) is 5.13 Å². The topological polar surface area (TPSA) is 116 Å². The second-order valence-electron chi connectivity index (χ2n) is 7.67. The van der Waals surface area contributed by atoms with Crippen molar-refractivity contribution >= 4 is 45.5 Å². The zero-order valence-electron chi connectivity index (χ0n) is 18.2. The van der Waals surface area contributed by atoms with Gasteiger partial charge in [-0.05, 0) is 6.42 Å². The van der Waals surface area contributed by atoms with Crippen molar-refractivity contribution in [3.8, 4) is 17.2 Å². The maximum Gasteiger partial charge on any atom is 0.236 e. The van der Waals surface area contributed by atoms with Crippen molar-refractivity contribution in [3.63, 3.8) is 0 Å². The van der Waals surface area contributed by atoms with E-state index in [9.17, 15) is 14.4 Å². The smallest absolute Gasteiger partial charge is 0.236 e. The Morgan fingerprint density at radius 2 is 2.09 bits per heavy atom. The number of ether oxygens (including phenoxy) is 3. The molecule has 1 aromatic carbocycles. The molecule has 2 aromatic rings. The van der Waals surface area contributed by atoms with E-state index in [1.54, 1.807) is 18.5 Å². The van der Waals surface area contributed by atoms with Crippen LogP contribution in [0.3, 0.4) is 0 Å². The molecule has 0 radical (unpaired) electrons. The highest BCUT2D eigenvalue weighted by atomic mass is 35.5. The zero-order valence-corrected chi connectivity index (χ0v) is 19.8. The van der Waals surface area contributed by atoms with Gasteiger partial charge in [0.25, 0.3) is 0 Å². The first-order valence-electron chi connectivity index (χ1n) is 10.2. The van der Waals surface area contributed by atoms with E-state index in [1.807, 2.05) is 0 Å². The number of ketones is 2. The lowest BCUT2D eigenvalue weighted by molar-refractivity contribution is -0.129. The summed E-state index contributed by atoms with van der Waals surface area (Å²) in [4.78, 5) is 42.7.